The van der Waals surface area contributed by atoms with E-state index in [4.69, 9.17) is 23.2 Å². The third-order valence-corrected chi connectivity index (χ3v) is 3.08. The van der Waals surface area contributed by atoms with Crippen LogP contribution in [0.1, 0.15) is 0 Å². The maximum atomic E-state index is 11.8. The molecule has 0 radical (unpaired) electrons. The highest BCUT2D eigenvalue weighted by atomic mass is 35.5. The lowest BCUT2D eigenvalue weighted by Gasteiger charge is -2.14. The van der Waals surface area contributed by atoms with Gasteiger partial charge in [0.15, 0.2) is 0 Å². The minimum absolute atomic E-state index is 0.00647. The molecule has 0 aliphatic carbocycles. The fraction of sp³-hybridized carbons (Fsp3) is 0.273. The summed E-state index contributed by atoms with van der Waals surface area (Å²) in [6, 6.07) is 4.56. The average molecular weight is 288 g/mol. The van der Waals surface area contributed by atoms with Crippen LogP contribution in [0.3, 0.4) is 0 Å². The summed E-state index contributed by atoms with van der Waals surface area (Å²) >= 11 is 11.8. The van der Waals surface area contributed by atoms with Crippen molar-refractivity contribution >= 4 is 40.8 Å². The van der Waals surface area contributed by atoms with Crippen LogP contribution >= 0.6 is 23.2 Å². The first-order valence-electron chi connectivity index (χ1n) is 5.35. The predicted molar refractivity (Wildman–Crippen MR) is 70.1 cm³/mol. The molecule has 1 heterocycles. The Morgan fingerprint density at radius 2 is 2.22 bits per heavy atom. The van der Waals surface area contributed by atoms with E-state index in [1.807, 2.05) is 0 Å². The van der Waals surface area contributed by atoms with E-state index in [2.05, 4.69) is 10.6 Å². The highest BCUT2D eigenvalue weighted by Gasteiger charge is 2.25. The molecule has 2 rings (SSSR count). The third-order valence-electron chi connectivity index (χ3n) is 2.52. The van der Waals surface area contributed by atoms with E-state index in [1.165, 1.54) is 0 Å². The summed E-state index contributed by atoms with van der Waals surface area (Å²) in [5.41, 5.74) is 0.567. The molecule has 0 saturated carbocycles. The van der Waals surface area contributed by atoms with Crippen molar-refractivity contribution in [3.05, 3.63) is 28.2 Å². The molecule has 0 aromatic heterocycles. The van der Waals surface area contributed by atoms with Crippen molar-refractivity contribution in [2.75, 3.05) is 25.0 Å². The number of anilines is 1. The van der Waals surface area contributed by atoms with Crippen molar-refractivity contribution in [2.45, 2.75) is 0 Å². The lowest BCUT2D eigenvalue weighted by molar-refractivity contribution is -0.125. The summed E-state index contributed by atoms with van der Waals surface area (Å²) in [7, 11) is 0. The van der Waals surface area contributed by atoms with Crippen molar-refractivity contribution in [3.63, 3.8) is 0 Å². The van der Waals surface area contributed by atoms with Crippen LogP contribution in [-0.4, -0.2) is 36.5 Å². The van der Waals surface area contributed by atoms with Crippen LogP contribution < -0.4 is 10.6 Å². The van der Waals surface area contributed by atoms with E-state index in [1.54, 1.807) is 18.2 Å². The van der Waals surface area contributed by atoms with Gasteiger partial charge in [-0.3, -0.25) is 9.69 Å². The first kappa shape index (κ1) is 13.0. The Morgan fingerprint density at radius 1 is 1.44 bits per heavy atom. The van der Waals surface area contributed by atoms with Gasteiger partial charge in [-0.1, -0.05) is 23.2 Å². The number of imide groups is 1. The van der Waals surface area contributed by atoms with Gasteiger partial charge in [-0.25, -0.2) is 4.79 Å². The Labute approximate surface area is 114 Å². The maximum Gasteiger partial charge on any atom is 0.324 e. The molecule has 2 N–H and O–H groups in total. The van der Waals surface area contributed by atoms with E-state index in [9.17, 15) is 9.59 Å². The molecule has 0 bridgehead atoms. The van der Waals surface area contributed by atoms with Gasteiger partial charge in [0.1, 0.15) is 0 Å². The highest BCUT2D eigenvalue weighted by Crippen LogP contribution is 2.25. The monoisotopic (exact) mass is 287 g/mol. The number of amides is 3. The normalized spacial score (nSPS) is 14.6. The molecular weight excluding hydrogens is 277 g/mol. The molecule has 3 amide bonds. The molecule has 1 aromatic carbocycles. The van der Waals surface area contributed by atoms with Crippen molar-refractivity contribution in [3.8, 4) is 0 Å². The molecule has 1 saturated heterocycles. The first-order valence-corrected chi connectivity index (χ1v) is 6.10. The van der Waals surface area contributed by atoms with Crippen LogP contribution in [0.2, 0.25) is 10.0 Å². The van der Waals surface area contributed by atoms with E-state index in [0.29, 0.717) is 28.8 Å². The number of nitrogens with one attached hydrogen (secondary N) is 2. The largest absolute Gasteiger partial charge is 0.375 e. The number of rotatable bonds is 3. The van der Waals surface area contributed by atoms with Gasteiger partial charge in [0.25, 0.3) is 0 Å². The Hall–Kier alpha value is -1.46. The van der Waals surface area contributed by atoms with Crippen LogP contribution in [0.25, 0.3) is 0 Å². The second-order valence-electron chi connectivity index (χ2n) is 3.76. The van der Waals surface area contributed by atoms with Gasteiger partial charge in [0.05, 0.1) is 17.3 Å². The molecule has 5 nitrogen and oxygen atoms in total. The number of nitrogens with zero attached hydrogens (tertiary/aromatic N) is 1. The fourth-order valence-electron chi connectivity index (χ4n) is 1.61. The minimum atomic E-state index is -0.362. The van der Waals surface area contributed by atoms with Gasteiger partial charge >= 0.3 is 6.03 Å². The van der Waals surface area contributed by atoms with Gasteiger partial charge in [-0.05, 0) is 18.2 Å². The van der Waals surface area contributed by atoms with Crippen LogP contribution in [0.5, 0.6) is 0 Å². The smallest absolute Gasteiger partial charge is 0.324 e. The van der Waals surface area contributed by atoms with Crippen molar-refractivity contribution in [2.24, 2.45) is 0 Å². The number of halogens is 2. The second-order valence-corrected chi connectivity index (χ2v) is 4.60. The van der Waals surface area contributed by atoms with Crippen molar-refractivity contribution in [1.82, 2.24) is 10.2 Å². The van der Waals surface area contributed by atoms with E-state index in [-0.39, 0.29) is 18.5 Å². The van der Waals surface area contributed by atoms with Crippen LogP contribution in [-0.2, 0) is 4.79 Å². The molecule has 18 heavy (non-hydrogen) atoms. The summed E-state index contributed by atoms with van der Waals surface area (Å²) < 4.78 is 0. The summed E-state index contributed by atoms with van der Waals surface area (Å²) in [6.45, 7) is 0.874. The summed E-state index contributed by atoms with van der Waals surface area (Å²) in [6.07, 6.45) is 0. The van der Waals surface area contributed by atoms with E-state index in [0.717, 1.165) is 4.90 Å². The molecule has 0 unspecified atom stereocenters. The topological polar surface area (TPSA) is 61.4 Å². The molecular formula is C11H11Cl2N3O2. The molecule has 0 atom stereocenters. The number of hydrogen-bond acceptors (Lipinski definition) is 3. The number of benzene rings is 1. The van der Waals surface area contributed by atoms with Gasteiger partial charge in [-0.15, -0.1) is 0 Å². The Kier molecular flexibility index (Phi) is 3.93. The number of hydrogen-bond donors (Lipinski definition) is 2. The SMILES string of the molecule is O=C(CNc1cc(Cl)ccc1Cl)N1CCNC1=O. The zero-order valence-electron chi connectivity index (χ0n) is 9.37. The van der Waals surface area contributed by atoms with Gasteiger partial charge in [0.2, 0.25) is 5.91 Å². The van der Waals surface area contributed by atoms with Crippen molar-refractivity contribution in [1.29, 1.82) is 0 Å². The molecule has 7 heteroatoms. The standard InChI is InChI=1S/C11H11Cl2N3O2/c12-7-1-2-8(13)9(5-7)15-6-10(17)16-4-3-14-11(16)18/h1-2,5,15H,3-4,6H2,(H,14,18). The molecule has 1 fully saturated rings. The molecule has 1 aromatic rings. The quantitative estimate of drug-likeness (QED) is 0.893. The molecule has 96 valence electrons. The zero-order chi connectivity index (χ0) is 13.1. The highest BCUT2D eigenvalue weighted by molar-refractivity contribution is 6.35. The fourth-order valence-corrected chi connectivity index (χ4v) is 1.97. The Bertz CT molecular complexity index is 493. The number of urea groups is 1. The Morgan fingerprint density at radius 3 is 2.89 bits per heavy atom. The third kappa shape index (κ3) is 2.86. The van der Waals surface area contributed by atoms with Crippen LogP contribution in [0.4, 0.5) is 10.5 Å². The summed E-state index contributed by atoms with van der Waals surface area (Å²) in [5, 5.41) is 6.42. The molecule has 1 aliphatic rings. The predicted octanol–water partition coefficient (Wildman–Crippen LogP) is 1.96. The maximum absolute atomic E-state index is 11.8. The van der Waals surface area contributed by atoms with Gasteiger partial charge in [0, 0.05) is 18.1 Å². The number of carbonyl (C=O) groups excluding carboxylic acids is 2. The Balaban J connectivity index is 1.97. The molecule has 1 aliphatic heterocycles. The number of carbonyl (C=O) groups is 2. The van der Waals surface area contributed by atoms with Crippen molar-refractivity contribution < 1.29 is 9.59 Å². The van der Waals surface area contributed by atoms with E-state index < -0.39 is 0 Å². The lowest BCUT2D eigenvalue weighted by Crippen LogP contribution is -2.38. The minimum Gasteiger partial charge on any atom is -0.375 e. The average Bonchev–Trinajstić information content (AvgIpc) is 2.76. The van der Waals surface area contributed by atoms with Gasteiger partial charge < -0.3 is 10.6 Å². The molecule has 0 spiro atoms. The summed E-state index contributed by atoms with van der Waals surface area (Å²) in [4.78, 5) is 24.2. The van der Waals surface area contributed by atoms with E-state index >= 15 is 0 Å². The first-order chi connectivity index (χ1) is 8.58. The summed E-state index contributed by atoms with van der Waals surface area (Å²) in [5.74, 6) is -0.305. The zero-order valence-corrected chi connectivity index (χ0v) is 10.9. The van der Waals surface area contributed by atoms with Crippen LogP contribution in [0.15, 0.2) is 18.2 Å². The van der Waals surface area contributed by atoms with Crippen LogP contribution in [0, 0.1) is 0 Å². The second kappa shape index (κ2) is 5.46. The van der Waals surface area contributed by atoms with Gasteiger partial charge in [-0.2, -0.15) is 0 Å². The lowest BCUT2D eigenvalue weighted by atomic mass is 10.3.